The van der Waals surface area contributed by atoms with Gasteiger partial charge in [-0.05, 0) is 25.7 Å². The summed E-state index contributed by atoms with van der Waals surface area (Å²) < 4.78 is 34.8. The van der Waals surface area contributed by atoms with Crippen molar-refractivity contribution >= 4 is 34.3 Å². The molecule has 156 valence electrons. The molecule has 14 nitrogen and oxygen atoms in total. The summed E-state index contributed by atoms with van der Waals surface area (Å²) in [6, 6.07) is -3.45. The highest BCUT2D eigenvalue weighted by atomic mass is 32.3. The number of nitrogens with one attached hydrogen (secondary N) is 2. The summed E-state index contributed by atoms with van der Waals surface area (Å²) in [4.78, 5) is 49.9. The third-order valence-electron chi connectivity index (χ3n) is 4.91. The highest BCUT2D eigenvalue weighted by Gasteiger charge is 2.49. The number of carboxylic acid groups (broad SMARTS) is 1. The smallest absolute Gasteiger partial charge is 0.418 e. The molecule has 3 fully saturated rings. The van der Waals surface area contributed by atoms with E-state index in [4.69, 9.17) is 9.66 Å². The van der Waals surface area contributed by atoms with Crippen molar-refractivity contribution in [3.8, 4) is 0 Å². The summed E-state index contributed by atoms with van der Waals surface area (Å²) in [7, 11) is -4.89. The Morgan fingerprint density at radius 1 is 1.07 bits per heavy atom. The number of rotatable bonds is 4. The fourth-order valence-electron chi connectivity index (χ4n) is 3.66. The number of amides is 5. The van der Waals surface area contributed by atoms with Gasteiger partial charge in [-0.2, -0.15) is 13.5 Å². The number of hydrogen-bond acceptors (Lipinski definition) is 7. The fourth-order valence-corrected chi connectivity index (χ4v) is 4.05. The van der Waals surface area contributed by atoms with E-state index in [2.05, 4.69) is 15.1 Å². The number of hydrogen-bond donors (Lipinski definition) is 4. The molecule has 3 rings (SSSR count). The molecule has 28 heavy (non-hydrogen) atoms. The van der Waals surface area contributed by atoms with Crippen molar-refractivity contribution in [3.63, 3.8) is 0 Å². The molecule has 3 aliphatic heterocycles. The Morgan fingerprint density at radius 2 is 1.71 bits per heavy atom. The Kier molecular flexibility index (Phi) is 5.31. The maximum atomic E-state index is 12.4. The number of likely N-dealkylation sites (tertiary alicyclic amines) is 1. The predicted octanol–water partition coefficient (Wildman–Crippen LogP) is -1.72. The molecular formula is C13H19N5O9S. The van der Waals surface area contributed by atoms with Crippen molar-refractivity contribution < 1.29 is 41.5 Å². The molecule has 4 N–H and O–H groups in total. The first-order valence-electron chi connectivity index (χ1n) is 8.44. The number of urea groups is 1. The van der Waals surface area contributed by atoms with Crippen LogP contribution in [-0.2, 0) is 24.3 Å². The Morgan fingerprint density at radius 3 is 2.32 bits per heavy atom. The zero-order valence-corrected chi connectivity index (χ0v) is 15.3. The van der Waals surface area contributed by atoms with Crippen LogP contribution in [0.15, 0.2) is 0 Å². The molecule has 0 unspecified atom stereocenters. The number of carbonyl (C=O) groups excluding carboxylic acids is 3. The van der Waals surface area contributed by atoms with Crippen LogP contribution in [0.2, 0.25) is 0 Å². The zero-order valence-electron chi connectivity index (χ0n) is 14.5. The average molecular weight is 421 g/mol. The van der Waals surface area contributed by atoms with Crippen molar-refractivity contribution in [2.24, 2.45) is 0 Å². The molecule has 15 heteroatoms. The van der Waals surface area contributed by atoms with Crippen molar-refractivity contribution in [2.45, 2.75) is 43.8 Å². The van der Waals surface area contributed by atoms with Gasteiger partial charge < -0.3 is 10.0 Å². The van der Waals surface area contributed by atoms with Gasteiger partial charge in [-0.25, -0.2) is 9.59 Å². The van der Waals surface area contributed by atoms with Gasteiger partial charge in [0.05, 0.1) is 6.04 Å². The van der Waals surface area contributed by atoms with E-state index in [9.17, 15) is 27.6 Å². The van der Waals surface area contributed by atoms with Crippen LogP contribution in [0, 0.1) is 0 Å². The summed E-state index contributed by atoms with van der Waals surface area (Å²) in [6.07, 6.45) is 0.0247. The van der Waals surface area contributed by atoms with E-state index in [0.29, 0.717) is 17.9 Å². The summed E-state index contributed by atoms with van der Waals surface area (Å²) in [5.74, 6) is -1.40. The molecule has 3 atom stereocenters. The van der Waals surface area contributed by atoms with Gasteiger partial charge in [0.1, 0.15) is 12.1 Å². The number of hydroxylamine groups is 2. The van der Waals surface area contributed by atoms with Gasteiger partial charge in [-0.15, -0.1) is 4.28 Å². The number of hydrazine groups is 1. The molecule has 2 bridgehead atoms. The first-order valence-corrected chi connectivity index (χ1v) is 9.81. The molecule has 3 aliphatic rings. The Balaban J connectivity index is 1.58. The van der Waals surface area contributed by atoms with Crippen LogP contribution in [0.3, 0.4) is 0 Å². The molecule has 0 spiro atoms. The zero-order chi connectivity index (χ0) is 20.6. The molecule has 0 aromatic carbocycles. The second-order valence-electron chi connectivity index (χ2n) is 6.62. The maximum absolute atomic E-state index is 12.4. The van der Waals surface area contributed by atoms with Crippen LogP contribution in [0.1, 0.15) is 25.7 Å². The highest BCUT2D eigenvalue weighted by molar-refractivity contribution is 7.80. The third-order valence-corrected chi connectivity index (χ3v) is 5.26. The van der Waals surface area contributed by atoms with Crippen molar-refractivity contribution in [3.05, 3.63) is 0 Å². The van der Waals surface area contributed by atoms with E-state index < -0.39 is 52.5 Å². The number of fused-ring (bicyclic) bond motifs is 2. The standard InChI is InChI=1S/C13H19N5O9S/c19-10(8-2-1-5-16(8)13(22)23)14-15-11(20)9-4-3-7-6-17(9)12(21)18(7)27-28(24,25)26/h7-9H,1-6H2,(H,14,19)(H,15,20)(H,22,23)(H,24,25,26)/t7-,8+,9+/m1/s1. The van der Waals surface area contributed by atoms with Gasteiger partial charge in [0.15, 0.2) is 0 Å². The lowest BCUT2D eigenvalue weighted by molar-refractivity contribution is -0.133. The lowest BCUT2D eigenvalue weighted by Crippen LogP contribution is -2.57. The van der Waals surface area contributed by atoms with E-state index in [1.165, 1.54) is 0 Å². The summed E-state index contributed by atoms with van der Waals surface area (Å²) in [5.41, 5.74) is 4.34. The molecule has 0 aromatic rings. The number of piperidine rings is 1. The Labute approximate surface area is 159 Å². The van der Waals surface area contributed by atoms with Crippen LogP contribution in [-0.4, -0.2) is 88.1 Å². The summed E-state index contributed by atoms with van der Waals surface area (Å²) >= 11 is 0. The van der Waals surface area contributed by atoms with E-state index in [1.54, 1.807) is 0 Å². The number of nitrogens with zero attached hydrogens (tertiary/aromatic N) is 3. The van der Waals surface area contributed by atoms with E-state index in [1.807, 2.05) is 0 Å². The van der Waals surface area contributed by atoms with Gasteiger partial charge in [-0.1, -0.05) is 0 Å². The van der Waals surface area contributed by atoms with Gasteiger partial charge in [0, 0.05) is 13.1 Å². The number of carbonyl (C=O) groups is 4. The lowest BCUT2D eigenvalue weighted by atomic mass is 10.0. The molecule has 3 saturated heterocycles. The molecule has 0 aromatic heterocycles. The van der Waals surface area contributed by atoms with Gasteiger partial charge in [-0.3, -0.25) is 29.9 Å². The molecule has 0 saturated carbocycles. The van der Waals surface area contributed by atoms with E-state index in [0.717, 1.165) is 9.80 Å². The molecule has 5 amide bonds. The molecule has 0 radical (unpaired) electrons. The SMILES string of the molecule is O=C(NNC(=O)[C@@H]1CC[C@@H]2CN1C(=O)N2OS(=O)(=O)O)[C@@H]1CCCN1C(=O)O. The quantitative estimate of drug-likeness (QED) is 0.302. The van der Waals surface area contributed by atoms with Gasteiger partial charge >= 0.3 is 22.5 Å². The third kappa shape index (κ3) is 3.95. The maximum Gasteiger partial charge on any atom is 0.418 e. The average Bonchev–Trinajstić information content (AvgIpc) is 3.19. The van der Waals surface area contributed by atoms with Crippen LogP contribution in [0.25, 0.3) is 0 Å². The monoisotopic (exact) mass is 421 g/mol. The van der Waals surface area contributed by atoms with Crippen LogP contribution in [0.5, 0.6) is 0 Å². The van der Waals surface area contributed by atoms with Gasteiger partial charge in [0.25, 0.3) is 11.8 Å². The molecule has 0 aliphatic carbocycles. The first kappa shape index (κ1) is 20.1. The second kappa shape index (κ2) is 7.40. The minimum absolute atomic E-state index is 0.00973. The Hall–Kier alpha value is -2.65. The summed E-state index contributed by atoms with van der Waals surface area (Å²) in [5, 5.41) is 9.56. The molecular weight excluding hydrogens is 402 g/mol. The minimum Gasteiger partial charge on any atom is -0.465 e. The highest BCUT2D eigenvalue weighted by Crippen LogP contribution is 2.30. The largest absolute Gasteiger partial charge is 0.465 e. The van der Waals surface area contributed by atoms with Gasteiger partial charge in [0.2, 0.25) is 0 Å². The van der Waals surface area contributed by atoms with Crippen molar-refractivity contribution in [1.82, 2.24) is 25.7 Å². The predicted molar refractivity (Wildman–Crippen MR) is 87.4 cm³/mol. The van der Waals surface area contributed by atoms with E-state index in [-0.39, 0.29) is 25.9 Å². The first-order chi connectivity index (χ1) is 13.1. The fraction of sp³-hybridized carbons (Fsp3) is 0.692. The van der Waals surface area contributed by atoms with Crippen molar-refractivity contribution in [2.75, 3.05) is 13.1 Å². The Bertz CT molecular complexity index is 802. The lowest BCUT2D eigenvalue weighted by Gasteiger charge is -2.29. The van der Waals surface area contributed by atoms with E-state index >= 15 is 0 Å². The van der Waals surface area contributed by atoms with Crippen LogP contribution < -0.4 is 10.9 Å². The normalized spacial score (nSPS) is 27.1. The summed E-state index contributed by atoms with van der Waals surface area (Å²) in [6.45, 7) is 0.229. The van der Waals surface area contributed by atoms with Crippen LogP contribution in [0.4, 0.5) is 9.59 Å². The second-order valence-corrected chi connectivity index (χ2v) is 7.63. The minimum atomic E-state index is -4.89. The van der Waals surface area contributed by atoms with Crippen molar-refractivity contribution in [1.29, 1.82) is 0 Å². The van der Waals surface area contributed by atoms with Crippen LogP contribution >= 0.6 is 0 Å². The topological polar surface area (TPSA) is 186 Å². The molecule has 3 heterocycles.